The van der Waals surface area contributed by atoms with E-state index in [1.54, 1.807) is 0 Å². The number of aliphatic hydroxyl groups excluding tert-OH is 1. The number of thioether (sulfide) groups is 1. The Bertz CT molecular complexity index is 300. The second kappa shape index (κ2) is 6.48. The highest BCUT2D eigenvalue weighted by atomic mass is 32.2. The Morgan fingerprint density at radius 2 is 2.00 bits per heavy atom. The first-order valence-corrected chi connectivity index (χ1v) is 5.88. The van der Waals surface area contributed by atoms with Crippen LogP contribution in [0.1, 0.15) is 18.1 Å². The van der Waals surface area contributed by atoms with Crippen molar-refractivity contribution in [1.29, 1.82) is 0 Å². The molecule has 0 fully saturated rings. The zero-order valence-corrected chi connectivity index (χ0v) is 9.11. The second-order valence-electron chi connectivity index (χ2n) is 3.16. The molecule has 0 bridgehead atoms. The average molecular weight is 226 g/mol. The minimum absolute atomic E-state index is 0.0987. The molecular weight excluding hydrogens is 212 g/mol. The predicted octanol–water partition coefficient (Wildman–Crippen LogP) is 1.93. The van der Waals surface area contributed by atoms with Gasteiger partial charge in [0.15, 0.2) is 0 Å². The number of carboxylic acid groups (broad SMARTS) is 1. The molecule has 1 unspecified atom stereocenters. The van der Waals surface area contributed by atoms with Crippen molar-refractivity contribution < 1.29 is 15.0 Å². The summed E-state index contributed by atoms with van der Waals surface area (Å²) in [5.41, 5.74) is 0.883. The van der Waals surface area contributed by atoms with Crippen LogP contribution in [0.3, 0.4) is 0 Å². The van der Waals surface area contributed by atoms with Crippen molar-refractivity contribution in [3.63, 3.8) is 0 Å². The van der Waals surface area contributed by atoms with Gasteiger partial charge in [-0.1, -0.05) is 30.3 Å². The van der Waals surface area contributed by atoms with E-state index in [-0.39, 0.29) is 5.75 Å². The SMILES string of the molecule is O=C(O)CSCCC(O)c1ccccc1. The normalized spacial score (nSPS) is 12.3. The Balaban J connectivity index is 2.25. The number of carboxylic acids is 1. The van der Waals surface area contributed by atoms with Gasteiger partial charge in [0.05, 0.1) is 11.9 Å². The molecule has 0 amide bonds. The summed E-state index contributed by atoms with van der Waals surface area (Å²) in [4.78, 5) is 10.2. The number of carbonyl (C=O) groups is 1. The van der Waals surface area contributed by atoms with Gasteiger partial charge in [0.2, 0.25) is 0 Å². The largest absolute Gasteiger partial charge is 0.481 e. The summed E-state index contributed by atoms with van der Waals surface area (Å²) in [5, 5.41) is 18.1. The maximum Gasteiger partial charge on any atom is 0.313 e. The van der Waals surface area contributed by atoms with Crippen molar-refractivity contribution in [2.75, 3.05) is 11.5 Å². The number of benzene rings is 1. The molecule has 82 valence electrons. The molecular formula is C11H14O3S. The van der Waals surface area contributed by atoms with Gasteiger partial charge in [-0.25, -0.2) is 0 Å². The molecule has 1 atom stereocenters. The third-order valence-electron chi connectivity index (χ3n) is 1.95. The van der Waals surface area contributed by atoms with Crippen molar-refractivity contribution >= 4 is 17.7 Å². The molecule has 0 saturated carbocycles. The summed E-state index contributed by atoms with van der Waals surface area (Å²) in [6.45, 7) is 0. The molecule has 0 heterocycles. The van der Waals surface area contributed by atoms with Crippen molar-refractivity contribution in [2.24, 2.45) is 0 Å². The molecule has 1 aromatic carbocycles. The van der Waals surface area contributed by atoms with Crippen LogP contribution in [0.15, 0.2) is 30.3 Å². The lowest BCUT2D eigenvalue weighted by Crippen LogP contribution is -2.02. The Kier molecular flexibility index (Phi) is 5.21. The van der Waals surface area contributed by atoms with Gasteiger partial charge in [-0.3, -0.25) is 4.79 Å². The number of hydrogen-bond acceptors (Lipinski definition) is 3. The summed E-state index contributed by atoms with van der Waals surface area (Å²) >= 11 is 1.32. The maximum atomic E-state index is 10.2. The number of rotatable bonds is 6. The smallest absolute Gasteiger partial charge is 0.313 e. The Morgan fingerprint density at radius 1 is 1.33 bits per heavy atom. The molecule has 0 spiro atoms. The lowest BCUT2D eigenvalue weighted by molar-refractivity contribution is -0.133. The monoisotopic (exact) mass is 226 g/mol. The van der Waals surface area contributed by atoms with Gasteiger partial charge >= 0.3 is 5.97 Å². The van der Waals surface area contributed by atoms with Crippen LogP contribution in [0.4, 0.5) is 0 Å². The lowest BCUT2D eigenvalue weighted by atomic mass is 10.1. The van der Waals surface area contributed by atoms with E-state index in [9.17, 15) is 9.90 Å². The summed E-state index contributed by atoms with van der Waals surface area (Å²) in [6.07, 6.45) is 0.0922. The molecule has 0 aromatic heterocycles. The molecule has 1 rings (SSSR count). The van der Waals surface area contributed by atoms with Crippen LogP contribution in [-0.4, -0.2) is 27.7 Å². The lowest BCUT2D eigenvalue weighted by Gasteiger charge is -2.09. The summed E-state index contributed by atoms with van der Waals surface area (Å²) in [6, 6.07) is 9.39. The number of aliphatic hydroxyl groups is 1. The summed E-state index contributed by atoms with van der Waals surface area (Å²) in [7, 11) is 0. The fraction of sp³-hybridized carbons (Fsp3) is 0.364. The van der Waals surface area contributed by atoms with E-state index >= 15 is 0 Å². The first-order valence-electron chi connectivity index (χ1n) is 4.72. The van der Waals surface area contributed by atoms with Crippen LogP contribution >= 0.6 is 11.8 Å². The highest BCUT2D eigenvalue weighted by Gasteiger charge is 2.06. The van der Waals surface area contributed by atoms with Crippen molar-refractivity contribution in [2.45, 2.75) is 12.5 Å². The van der Waals surface area contributed by atoms with Gasteiger partial charge < -0.3 is 10.2 Å². The molecule has 3 nitrogen and oxygen atoms in total. The molecule has 0 radical (unpaired) electrons. The van der Waals surface area contributed by atoms with Crippen LogP contribution in [0.2, 0.25) is 0 Å². The molecule has 2 N–H and O–H groups in total. The number of aliphatic carboxylic acids is 1. The Labute approximate surface area is 93.1 Å². The second-order valence-corrected chi connectivity index (χ2v) is 4.27. The molecule has 0 aliphatic rings. The average Bonchev–Trinajstić information content (AvgIpc) is 2.25. The van der Waals surface area contributed by atoms with E-state index in [2.05, 4.69) is 0 Å². The molecule has 0 saturated heterocycles. The van der Waals surface area contributed by atoms with Gasteiger partial charge in [-0.15, -0.1) is 0 Å². The van der Waals surface area contributed by atoms with Crippen molar-refractivity contribution in [3.8, 4) is 0 Å². The van der Waals surface area contributed by atoms with Crippen molar-refractivity contribution in [3.05, 3.63) is 35.9 Å². The fourth-order valence-electron chi connectivity index (χ4n) is 1.20. The fourth-order valence-corrected chi connectivity index (χ4v) is 1.91. The van der Waals surface area contributed by atoms with Crippen LogP contribution in [0, 0.1) is 0 Å². The third kappa shape index (κ3) is 4.85. The molecule has 0 aliphatic heterocycles. The van der Waals surface area contributed by atoms with Crippen LogP contribution in [0.5, 0.6) is 0 Å². The quantitative estimate of drug-likeness (QED) is 0.728. The van der Waals surface area contributed by atoms with Gasteiger partial charge in [0.1, 0.15) is 0 Å². The Hall–Kier alpha value is -1.00. The van der Waals surface area contributed by atoms with E-state index in [1.807, 2.05) is 30.3 Å². The van der Waals surface area contributed by atoms with E-state index in [0.717, 1.165) is 5.56 Å². The summed E-state index contributed by atoms with van der Waals surface area (Å²) < 4.78 is 0. The standard InChI is InChI=1S/C11H14O3S/c12-10(6-7-15-8-11(13)14)9-4-2-1-3-5-9/h1-5,10,12H,6-8H2,(H,13,14). The van der Waals surface area contributed by atoms with E-state index in [4.69, 9.17) is 5.11 Å². The summed E-state index contributed by atoms with van der Waals surface area (Å²) in [5.74, 6) is -0.0571. The highest BCUT2D eigenvalue weighted by Crippen LogP contribution is 2.18. The van der Waals surface area contributed by atoms with Crippen molar-refractivity contribution in [1.82, 2.24) is 0 Å². The zero-order chi connectivity index (χ0) is 11.1. The molecule has 1 aromatic rings. The van der Waals surface area contributed by atoms with Gasteiger partial charge in [0, 0.05) is 0 Å². The Morgan fingerprint density at radius 3 is 2.60 bits per heavy atom. The number of hydrogen-bond donors (Lipinski definition) is 2. The van der Waals surface area contributed by atoms with E-state index < -0.39 is 12.1 Å². The zero-order valence-electron chi connectivity index (χ0n) is 8.30. The van der Waals surface area contributed by atoms with Gasteiger partial charge in [-0.05, 0) is 17.7 Å². The molecule has 4 heteroatoms. The minimum atomic E-state index is -0.811. The predicted molar refractivity (Wildman–Crippen MR) is 61.0 cm³/mol. The highest BCUT2D eigenvalue weighted by molar-refractivity contribution is 7.99. The molecule has 0 aliphatic carbocycles. The topological polar surface area (TPSA) is 57.5 Å². The maximum absolute atomic E-state index is 10.2. The first-order chi connectivity index (χ1) is 7.20. The van der Waals surface area contributed by atoms with Gasteiger partial charge in [0.25, 0.3) is 0 Å². The van der Waals surface area contributed by atoms with Crippen LogP contribution in [-0.2, 0) is 4.79 Å². The molecule has 15 heavy (non-hydrogen) atoms. The van der Waals surface area contributed by atoms with Crippen LogP contribution < -0.4 is 0 Å². The van der Waals surface area contributed by atoms with E-state index in [0.29, 0.717) is 12.2 Å². The minimum Gasteiger partial charge on any atom is -0.481 e. The van der Waals surface area contributed by atoms with Crippen LogP contribution in [0.25, 0.3) is 0 Å². The third-order valence-corrected chi connectivity index (χ3v) is 2.92. The van der Waals surface area contributed by atoms with Gasteiger partial charge in [-0.2, -0.15) is 11.8 Å². The van der Waals surface area contributed by atoms with E-state index in [1.165, 1.54) is 11.8 Å². The first kappa shape index (κ1) is 12.1.